The van der Waals surface area contributed by atoms with Crippen molar-refractivity contribution in [2.24, 2.45) is 5.73 Å². The van der Waals surface area contributed by atoms with E-state index in [1.807, 2.05) is 0 Å². The molecule has 0 saturated heterocycles. The molecule has 3 heterocycles. The number of halogens is 3. The monoisotopic (exact) mass is 452 g/mol. The van der Waals surface area contributed by atoms with Gasteiger partial charge in [-0.3, -0.25) is 14.4 Å². The van der Waals surface area contributed by atoms with Crippen LogP contribution in [0.2, 0.25) is 5.02 Å². The summed E-state index contributed by atoms with van der Waals surface area (Å²) in [5.41, 5.74) is 4.65. The van der Waals surface area contributed by atoms with E-state index in [0.717, 1.165) is 12.1 Å². The Morgan fingerprint density at radius 2 is 2.06 bits per heavy atom. The molecule has 0 fully saturated rings. The molecule has 11 heteroatoms. The maximum atomic E-state index is 14.1. The molecule has 31 heavy (non-hydrogen) atoms. The number of carbonyl (C=O) groups is 2. The highest BCUT2D eigenvalue weighted by molar-refractivity contribution is 6.30. The Morgan fingerprint density at radius 3 is 2.74 bits per heavy atom. The highest BCUT2D eigenvalue weighted by atomic mass is 35.5. The van der Waals surface area contributed by atoms with Crippen molar-refractivity contribution in [2.75, 3.05) is 13.1 Å². The third-order valence-electron chi connectivity index (χ3n) is 5.75. The van der Waals surface area contributed by atoms with Gasteiger partial charge in [-0.25, -0.2) is 8.78 Å². The number of benzene rings is 1. The summed E-state index contributed by atoms with van der Waals surface area (Å²) < 4.78 is 28.9. The zero-order chi connectivity index (χ0) is 22.6. The van der Waals surface area contributed by atoms with Gasteiger partial charge < -0.3 is 25.6 Å². The van der Waals surface area contributed by atoms with Gasteiger partial charge in [-0.2, -0.15) is 0 Å². The van der Waals surface area contributed by atoms with Crippen LogP contribution in [0.3, 0.4) is 0 Å². The number of hydrogen-bond acceptors (Lipinski definition) is 5. The lowest BCUT2D eigenvalue weighted by atomic mass is 10.0. The minimum atomic E-state index is -1.03. The van der Waals surface area contributed by atoms with Crippen molar-refractivity contribution in [3.8, 4) is 5.75 Å². The van der Waals surface area contributed by atoms with Crippen molar-refractivity contribution >= 4 is 23.4 Å². The Balaban J connectivity index is 1.75. The molecule has 2 atom stereocenters. The first kappa shape index (κ1) is 21.3. The molecule has 0 spiro atoms. The van der Waals surface area contributed by atoms with Crippen LogP contribution in [0.1, 0.15) is 57.5 Å². The summed E-state index contributed by atoms with van der Waals surface area (Å²) in [6, 6.07) is 1.08. The van der Waals surface area contributed by atoms with E-state index >= 15 is 0 Å². The van der Waals surface area contributed by atoms with Crippen molar-refractivity contribution in [1.29, 1.82) is 0 Å². The fourth-order valence-corrected chi connectivity index (χ4v) is 4.44. The predicted molar refractivity (Wildman–Crippen MR) is 107 cm³/mol. The van der Waals surface area contributed by atoms with Gasteiger partial charge >= 0.3 is 0 Å². The lowest BCUT2D eigenvalue weighted by Crippen LogP contribution is -2.44. The van der Waals surface area contributed by atoms with E-state index < -0.39 is 51.3 Å². The van der Waals surface area contributed by atoms with Crippen molar-refractivity contribution in [2.45, 2.75) is 32.0 Å². The van der Waals surface area contributed by atoms with Crippen molar-refractivity contribution < 1.29 is 23.5 Å². The van der Waals surface area contributed by atoms with Crippen LogP contribution in [0, 0.1) is 11.6 Å². The number of amides is 2. The maximum absolute atomic E-state index is 14.1. The lowest BCUT2D eigenvalue weighted by molar-refractivity contribution is 0.0675. The summed E-state index contributed by atoms with van der Waals surface area (Å²) >= 11 is 5.55. The van der Waals surface area contributed by atoms with Crippen LogP contribution < -0.4 is 16.5 Å². The fraction of sp³-hybridized carbons (Fsp3) is 0.350. The highest BCUT2D eigenvalue weighted by Crippen LogP contribution is 2.40. The molecule has 2 aliphatic heterocycles. The molecule has 0 aliphatic carbocycles. The van der Waals surface area contributed by atoms with Gasteiger partial charge in [0.25, 0.3) is 11.8 Å². The third kappa shape index (κ3) is 3.17. The molecule has 1 aromatic heterocycles. The second-order valence-electron chi connectivity index (χ2n) is 7.51. The van der Waals surface area contributed by atoms with Crippen LogP contribution in [0.4, 0.5) is 8.78 Å². The zero-order valence-corrected chi connectivity index (χ0v) is 17.2. The number of hydrogen-bond donors (Lipinski definition) is 3. The number of carbonyl (C=O) groups excluding carboxylic acids is 2. The van der Waals surface area contributed by atoms with E-state index in [-0.39, 0.29) is 29.5 Å². The van der Waals surface area contributed by atoms with Crippen LogP contribution >= 0.6 is 11.6 Å². The summed E-state index contributed by atoms with van der Waals surface area (Å²) in [4.78, 5) is 39.9. The van der Waals surface area contributed by atoms with Gasteiger partial charge in [-0.05, 0) is 19.4 Å². The SMILES string of the molecule is CCN1C[C@H]2C[C@H](N)c3c(C(=O)NCc4ccc(F)c(Cl)c4F)c(=O)c(O)c(n32)C1=O. The number of rotatable bonds is 4. The van der Waals surface area contributed by atoms with Gasteiger partial charge in [0.2, 0.25) is 5.43 Å². The number of aromatic nitrogens is 1. The van der Waals surface area contributed by atoms with E-state index in [4.69, 9.17) is 17.3 Å². The minimum absolute atomic E-state index is 0.0885. The Kier molecular flexibility index (Phi) is 5.22. The molecule has 0 bridgehead atoms. The first-order valence-corrected chi connectivity index (χ1v) is 10.0. The van der Waals surface area contributed by atoms with E-state index in [2.05, 4.69) is 5.32 Å². The number of nitrogens with one attached hydrogen (secondary N) is 1. The molecule has 0 saturated carbocycles. The highest BCUT2D eigenvalue weighted by Gasteiger charge is 2.43. The Bertz CT molecular complexity index is 1180. The molecule has 2 aromatic rings. The molecule has 4 rings (SSSR count). The number of likely N-dealkylation sites (N-methyl/N-ethyl adjacent to an activating group) is 1. The molecule has 1 aromatic carbocycles. The van der Waals surface area contributed by atoms with Gasteiger partial charge in [0.05, 0.1) is 11.7 Å². The second-order valence-corrected chi connectivity index (χ2v) is 7.89. The van der Waals surface area contributed by atoms with Gasteiger partial charge in [0.1, 0.15) is 22.2 Å². The van der Waals surface area contributed by atoms with Crippen molar-refractivity contribution in [1.82, 2.24) is 14.8 Å². The van der Waals surface area contributed by atoms with Crippen LogP contribution in [0.5, 0.6) is 5.75 Å². The van der Waals surface area contributed by atoms with Crippen LogP contribution in [0.15, 0.2) is 16.9 Å². The molecule has 2 aliphatic rings. The van der Waals surface area contributed by atoms with E-state index in [1.54, 1.807) is 6.92 Å². The van der Waals surface area contributed by atoms with Gasteiger partial charge in [-0.15, -0.1) is 0 Å². The number of nitrogens with two attached hydrogens (primary N) is 1. The first-order chi connectivity index (χ1) is 14.7. The van der Waals surface area contributed by atoms with E-state index in [0.29, 0.717) is 19.5 Å². The molecule has 0 unspecified atom stereocenters. The Hall–Kier alpha value is -2.98. The van der Waals surface area contributed by atoms with Crippen LogP contribution in [-0.4, -0.2) is 39.5 Å². The predicted octanol–water partition coefficient (Wildman–Crippen LogP) is 1.84. The topological polar surface area (TPSA) is 118 Å². The standard InChI is InChI=1S/C20H19ClF2N4O4/c1-2-26-7-9-5-11(24)15-12(17(28)18(29)16(20(26)31)27(9)15)19(30)25-6-8-3-4-10(22)13(21)14(8)23/h3-4,9,11,29H,2,5-7,24H2,1H3,(H,25,30)/t9-,11+/m1/s1. The van der Waals surface area contributed by atoms with Crippen molar-refractivity contribution in [3.63, 3.8) is 0 Å². The molecule has 0 radical (unpaired) electrons. The molecular formula is C20H19ClF2N4O4. The molecule has 8 nitrogen and oxygen atoms in total. The Labute approximate surface area is 180 Å². The number of aromatic hydroxyl groups is 1. The summed E-state index contributed by atoms with van der Waals surface area (Å²) in [6.07, 6.45) is 0.377. The second kappa shape index (κ2) is 7.61. The van der Waals surface area contributed by atoms with Gasteiger partial charge in [0, 0.05) is 31.2 Å². The molecular weight excluding hydrogens is 434 g/mol. The van der Waals surface area contributed by atoms with E-state index in [1.165, 1.54) is 9.47 Å². The zero-order valence-electron chi connectivity index (χ0n) is 16.4. The van der Waals surface area contributed by atoms with Gasteiger partial charge in [-0.1, -0.05) is 17.7 Å². The third-order valence-corrected chi connectivity index (χ3v) is 6.10. The summed E-state index contributed by atoms with van der Waals surface area (Å²) in [5.74, 6) is -4.21. The van der Waals surface area contributed by atoms with Crippen molar-refractivity contribution in [3.05, 3.63) is 61.5 Å². The van der Waals surface area contributed by atoms with Crippen LogP contribution in [0.25, 0.3) is 0 Å². The fourth-order valence-electron chi connectivity index (χ4n) is 4.26. The molecule has 164 valence electrons. The summed E-state index contributed by atoms with van der Waals surface area (Å²) in [7, 11) is 0. The average molecular weight is 453 g/mol. The summed E-state index contributed by atoms with van der Waals surface area (Å²) in [5, 5.41) is 12.2. The average Bonchev–Trinajstić information content (AvgIpc) is 3.06. The normalized spacial score (nSPS) is 19.5. The molecule has 2 amide bonds. The first-order valence-electron chi connectivity index (χ1n) is 9.64. The largest absolute Gasteiger partial charge is 0.503 e. The number of nitrogens with zero attached hydrogens (tertiary/aromatic N) is 2. The summed E-state index contributed by atoms with van der Waals surface area (Å²) in [6.45, 7) is 2.13. The quantitative estimate of drug-likeness (QED) is 0.612. The van der Waals surface area contributed by atoms with Gasteiger partial charge in [0.15, 0.2) is 11.4 Å². The number of pyridine rings is 1. The van der Waals surface area contributed by atoms with Crippen LogP contribution in [-0.2, 0) is 6.54 Å². The molecule has 4 N–H and O–H groups in total. The Morgan fingerprint density at radius 1 is 1.35 bits per heavy atom. The minimum Gasteiger partial charge on any atom is -0.503 e. The smallest absolute Gasteiger partial charge is 0.274 e. The lowest BCUT2D eigenvalue weighted by Gasteiger charge is -2.33. The van der Waals surface area contributed by atoms with E-state index in [9.17, 15) is 28.3 Å². The maximum Gasteiger partial charge on any atom is 0.274 e.